The van der Waals surface area contributed by atoms with Gasteiger partial charge in [-0.05, 0) is 98.2 Å². The molecule has 119 heavy (non-hydrogen) atoms. The third-order valence-corrected chi connectivity index (χ3v) is 18.8. The van der Waals surface area contributed by atoms with Crippen LogP contribution < -0.4 is 62.3 Å². The van der Waals surface area contributed by atoms with Gasteiger partial charge in [-0.15, -0.1) is 0 Å². The van der Waals surface area contributed by atoms with E-state index in [0.717, 1.165) is 0 Å². The number of aromatic carboxylic acids is 1. The molecule has 0 aliphatic rings. The molecule has 0 aliphatic carbocycles. The highest BCUT2D eigenvalue weighted by molar-refractivity contribution is 6.09. The van der Waals surface area contributed by atoms with E-state index < -0.39 is 47.5 Å². The summed E-state index contributed by atoms with van der Waals surface area (Å²) < 4.78 is 49.4. The Morgan fingerprint density at radius 1 is 0.370 bits per heavy atom. The van der Waals surface area contributed by atoms with Gasteiger partial charge in [-0.2, -0.15) is 0 Å². The van der Waals surface area contributed by atoms with Crippen molar-refractivity contribution in [2.45, 2.75) is 64.2 Å². The van der Waals surface area contributed by atoms with Crippen molar-refractivity contribution in [1.29, 1.82) is 0 Å². The van der Waals surface area contributed by atoms with Crippen LogP contribution in [0.4, 0.5) is 45.5 Å². The van der Waals surface area contributed by atoms with E-state index in [0.29, 0.717) is 137 Å². The van der Waals surface area contributed by atoms with Crippen molar-refractivity contribution < 1.29 is 95.8 Å². The number of benzene rings is 2. The molecule has 0 bridgehead atoms. The molecule has 0 saturated carbocycles. The number of amides is 6. The Balaban J connectivity index is 0.000000271. The normalized spacial score (nSPS) is 10.8. The minimum atomic E-state index is -1.17. The lowest BCUT2D eigenvalue weighted by Gasteiger charge is -2.14. The number of rotatable bonds is 38. The van der Waals surface area contributed by atoms with Crippen molar-refractivity contribution in [3.05, 3.63) is 203 Å². The lowest BCUT2D eigenvalue weighted by molar-refractivity contribution is -0.117. The van der Waals surface area contributed by atoms with E-state index in [1.54, 1.807) is 179 Å². The molecule has 10 aromatic rings. The van der Waals surface area contributed by atoms with Crippen molar-refractivity contribution in [2.75, 3.05) is 91.6 Å². The van der Waals surface area contributed by atoms with E-state index >= 15 is 0 Å². The number of aromatic nitrogens is 8. The van der Waals surface area contributed by atoms with Gasteiger partial charge in [0.1, 0.15) is 40.8 Å². The lowest BCUT2D eigenvalue weighted by atomic mass is 10.1. The second kappa shape index (κ2) is 40.0. The maximum atomic E-state index is 13.4. The van der Waals surface area contributed by atoms with Crippen LogP contribution in [-0.2, 0) is 93.0 Å². The quantitative estimate of drug-likeness (QED) is 0.00434. The fourth-order valence-corrected chi connectivity index (χ4v) is 12.9. The van der Waals surface area contributed by atoms with E-state index in [4.69, 9.17) is 44.6 Å². The Labute approximate surface area is 683 Å². The molecule has 0 atom stereocenters. The van der Waals surface area contributed by atoms with Gasteiger partial charge in [-0.3, -0.25) is 38.4 Å². The summed E-state index contributed by atoms with van der Waals surface area (Å²) in [5, 5.41) is 26.1. The van der Waals surface area contributed by atoms with Crippen molar-refractivity contribution >= 4 is 116 Å². The highest BCUT2D eigenvalue weighted by atomic mass is 16.5. The van der Waals surface area contributed by atoms with Crippen molar-refractivity contribution in [1.82, 2.24) is 36.5 Å². The van der Waals surface area contributed by atoms with Gasteiger partial charge in [0.25, 0.3) is 23.6 Å². The van der Waals surface area contributed by atoms with Gasteiger partial charge in [0.2, 0.25) is 11.8 Å². The number of hydrogen-bond donors (Lipinski definition) is 9. The number of esters is 3. The Morgan fingerprint density at radius 3 is 1.03 bits per heavy atom. The summed E-state index contributed by atoms with van der Waals surface area (Å²) in [5.74, 6) is -4.17. The molecule has 0 fully saturated rings. The van der Waals surface area contributed by atoms with Crippen molar-refractivity contribution in [3.8, 4) is 23.0 Å². The zero-order valence-corrected chi connectivity index (χ0v) is 68.0. The Morgan fingerprint density at radius 2 is 0.681 bits per heavy atom. The highest BCUT2D eigenvalue weighted by Crippen LogP contribution is 2.35. The van der Waals surface area contributed by atoms with Crippen LogP contribution in [0.15, 0.2) is 135 Å². The van der Waals surface area contributed by atoms with E-state index in [1.807, 2.05) is 0 Å². The number of nitrogen functional groups attached to an aromatic ring is 2. The molecule has 36 nitrogen and oxygen atoms in total. The van der Waals surface area contributed by atoms with Gasteiger partial charge in [0.05, 0.1) is 110 Å². The molecular weight excluding hydrogens is 1540 g/mol. The monoisotopic (exact) mass is 1640 g/mol. The number of carbonyl (C=O) groups excluding carboxylic acids is 11. The molecule has 8 heterocycles. The summed E-state index contributed by atoms with van der Waals surface area (Å²) in [6.07, 6.45) is 18.8. The second-order valence-corrected chi connectivity index (χ2v) is 27.8. The third-order valence-electron chi connectivity index (χ3n) is 18.8. The Kier molecular flexibility index (Phi) is 29.7. The molecular formula is C83H96N16O20. The van der Waals surface area contributed by atoms with E-state index in [-0.39, 0.29) is 107 Å². The van der Waals surface area contributed by atoms with Gasteiger partial charge in [-0.25, -0.2) is 19.2 Å². The zero-order chi connectivity index (χ0) is 86.6. The van der Waals surface area contributed by atoms with Crippen LogP contribution in [0.1, 0.15) is 167 Å². The molecule has 36 heteroatoms. The summed E-state index contributed by atoms with van der Waals surface area (Å²) >= 11 is 0. The summed E-state index contributed by atoms with van der Waals surface area (Å²) in [4.78, 5) is 152. The standard InChI is InChI=1S/C43H50N8O10.C40H46N8O10/c1-8-13-61-42(56)30-20-37(58-6)38(21-31(30)44)60-14-11-9-10-12-39(53)45-27-18-34(50(4)23-27)41(55)46-28-17-32(49(3)24-28)36(52)16-26-15-33(48(2)22-26)40(54)47-29-19-35(43(57)59-7)51(5)25-29;1-45-19-23(12-30(45)37(51)44-26-16-32(40(55)57-6)48(4)22-26)13-33(49)29-14-25(21-46(29)2)43-38(52)31-15-24(20-47(31)3)42-36(50)10-8-7-9-11-58-35-18-28(41)27(39(53)54)17-34(35)56-5/h8,15,17-25H,1,9-14,16,44H2,2-7H3,(H,45,53)(H,46,55)(H,47,54);12,14-22H,7-11,13,41H2,1-6H3,(H,42,50)(H,43,52)(H,44,51)(H,53,54). The molecule has 0 spiro atoms. The number of nitrogens with two attached hydrogens (primary N) is 2. The van der Waals surface area contributed by atoms with Crippen LogP contribution in [0.5, 0.6) is 23.0 Å². The number of anilines is 8. The Hall–Kier alpha value is -14.7. The number of carbonyl (C=O) groups is 12. The van der Waals surface area contributed by atoms with E-state index in [9.17, 15) is 62.6 Å². The first-order valence-corrected chi connectivity index (χ1v) is 37.3. The number of ketones is 2. The van der Waals surface area contributed by atoms with Crippen LogP contribution in [0, 0.1) is 0 Å². The van der Waals surface area contributed by atoms with Crippen LogP contribution in [0.25, 0.3) is 0 Å². The Bertz CT molecular complexity index is 5520. The highest BCUT2D eigenvalue weighted by Gasteiger charge is 2.26. The fourth-order valence-electron chi connectivity index (χ4n) is 12.9. The molecule has 8 aromatic heterocycles. The van der Waals surface area contributed by atoms with E-state index in [2.05, 4.69) is 38.5 Å². The molecule has 2 aromatic carbocycles. The van der Waals surface area contributed by atoms with Crippen LogP contribution in [0.3, 0.4) is 0 Å². The second-order valence-electron chi connectivity index (χ2n) is 27.8. The average Bonchev–Trinajstić information content (AvgIpc) is 1.78. The first kappa shape index (κ1) is 88.2. The fraction of sp³-hybridized carbons (Fsp3) is 0.301. The number of unbranched alkanes of at least 4 members (excludes halogenated alkanes) is 4. The predicted octanol–water partition coefficient (Wildman–Crippen LogP) is 9.89. The number of hydrogen-bond acceptors (Lipinski definition) is 21. The molecule has 628 valence electrons. The topological polar surface area (TPSA) is 453 Å². The van der Waals surface area contributed by atoms with Gasteiger partial charge in [-0.1, -0.05) is 12.7 Å². The SMILES string of the molecule is C=CCOC(=O)c1cc(OC)c(OCCCCCC(=O)Nc2cc(C(=O)Nc3cc(C(=O)Cc4cc(C(=O)Nc5cc(C(=O)OC)n(C)c5)n(C)c4)n(C)c3)n(C)c2)cc1N.COC(=O)c1cc(NC(=O)c2cc(CC(=O)c3cc(NC(=O)c4cc(NC(=O)CCCCCOc5cc(N)c(C(=O)O)cc5OC)cn4C)cn3C)cn2C)cn1C. The molecule has 0 saturated heterocycles. The van der Waals surface area contributed by atoms with Crippen molar-refractivity contribution in [3.63, 3.8) is 0 Å². The average molecular weight is 1640 g/mol. The summed E-state index contributed by atoms with van der Waals surface area (Å²) in [6, 6.07) is 18.2. The summed E-state index contributed by atoms with van der Waals surface area (Å²) in [5.41, 5.74) is 18.3. The molecule has 11 N–H and O–H groups in total. The van der Waals surface area contributed by atoms with Crippen LogP contribution in [-0.4, -0.2) is 161 Å². The number of methoxy groups -OCH3 is 4. The predicted molar refractivity (Wildman–Crippen MR) is 441 cm³/mol. The molecule has 0 aliphatic heterocycles. The smallest absolute Gasteiger partial charge is 0.354 e. The maximum Gasteiger partial charge on any atom is 0.354 e. The van der Waals surface area contributed by atoms with E-state index in [1.165, 1.54) is 70.9 Å². The van der Waals surface area contributed by atoms with Gasteiger partial charge in [0.15, 0.2) is 34.6 Å². The largest absolute Gasteiger partial charge is 0.493 e. The summed E-state index contributed by atoms with van der Waals surface area (Å²) in [7, 11) is 18.9. The number of carboxylic acid groups (broad SMARTS) is 1. The minimum Gasteiger partial charge on any atom is -0.493 e. The van der Waals surface area contributed by atoms with Gasteiger partial charge >= 0.3 is 23.9 Å². The number of carboxylic acids is 1. The van der Waals surface area contributed by atoms with Gasteiger partial charge in [0, 0.05) is 156 Å². The molecule has 0 radical (unpaired) electrons. The van der Waals surface area contributed by atoms with Crippen molar-refractivity contribution in [2.24, 2.45) is 56.4 Å². The molecule has 0 unspecified atom stereocenters. The number of Topliss-reactive ketones (excluding diaryl/α,β-unsaturated/α-hetero) is 2. The first-order chi connectivity index (χ1) is 56.7. The number of nitrogens with zero attached hydrogens (tertiary/aromatic N) is 8. The third kappa shape index (κ3) is 22.8. The maximum absolute atomic E-state index is 13.4. The number of ether oxygens (including phenoxy) is 7. The summed E-state index contributed by atoms with van der Waals surface area (Å²) in [6.45, 7) is 4.21. The van der Waals surface area contributed by atoms with Crippen LogP contribution >= 0.6 is 0 Å². The number of nitrogens with one attached hydrogen (secondary N) is 6. The minimum absolute atomic E-state index is 0.00423. The lowest BCUT2D eigenvalue weighted by Crippen LogP contribution is -2.15. The number of aryl methyl sites for hydroxylation is 8. The molecule has 10 rings (SSSR count). The van der Waals surface area contributed by atoms with Crippen LogP contribution in [0.2, 0.25) is 0 Å². The van der Waals surface area contributed by atoms with Gasteiger partial charge < -0.3 is 118 Å². The first-order valence-electron chi connectivity index (χ1n) is 37.3. The molecule has 6 amide bonds. The zero-order valence-electron chi connectivity index (χ0n) is 68.0.